The zero-order chi connectivity index (χ0) is 18.5. The average molecular weight is 379 g/mol. The van der Waals surface area contributed by atoms with Crippen molar-refractivity contribution in [2.75, 3.05) is 33.2 Å². The van der Waals surface area contributed by atoms with Gasteiger partial charge in [-0.2, -0.15) is 4.31 Å². The van der Waals surface area contributed by atoms with Crippen LogP contribution in [0.5, 0.6) is 0 Å². The van der Waals surface area contributed by atoms with Crippen LogP contribution in [0.2, 0.25) is 0 Å². The first kappa shape index (κ1) is 17.7. The van der Waals surface area contributed by atoms with E-state index in [2.05, 4.69) is 20.1 Å². The lowest BCUT2D eigenvalue weighted by Crippen LogP contribution is -2.47. The van der Waals surface area contributed by atoms with Crippen molar-refractivity contribution in [3.05, 3.63) is 17.1 Å². The molecule has 0 spiro atoms. The summed E-state index contributed by atoms with van der Waals surface area (Å²) >= 11 is 0. The monoisotopic (exact) mass is 379 g/mol. The van der Waals surface area contributed by atoms with Crippen LogP contribution in [0.15, 0.2) is 9.31 Å². The molecular formula is C17H25N5O3S. The topological polar surface area (TPSA) is 95.3 Å². The number of nitrogens with one attached hydrogen (secondary N) is 1. The number of hydrogen-bond donors (Lipinski definition) is 1. The largest absolute Gasteiger partial charge is 0.419 e. The number of aryl methyl sites for hydroxylation is 1. The van der Waals surface area contributed by atoms with Gasteiger partial charge < -0.3 is 14.3 Å². The van der Waals surface area contributed by atoms with Gasteiger partial charge in [-0.3, -0.25) is 0 Å². The number of sulfonamides is 1. The van der Waals surface area contributed by atoms with Gasteiger partial charge in [0.2, 0.25) is 15.9 Å². The predicted molar refractivity (Wildman–Crippen MR) is 96.4 cm³/mol. The molecule has 1 N–H and O–H groups in total. The van der Waals surface area contributed by atoms with E-state index in [0.717, 1.165) is 25.9 Å². The Balaban J connectivity index is 1.67. The lowest BCUT2D eigenvalue weighted by molar-refractivity contribution is 0.222. The van der Waals surface area contributed by atoms with Crippen LogP contribution >= 0.6 is 0 Å². The fourth-order valence-corrected chi connectivity index (χ4v) is 5.48. The molecule has 2 aromatic rings. The highest BCUT2D eigenvalue weighted by Crippen LogP contribution is 2.37. The Morgan fingerprint density at radius 3 is 2.42 bits per heavy atom. The first-order valence-electron chi connectivity index (χ1n) is 9.09. The van der Waals surface area contributed by atoms with Crippen LogP contribution in [0, 0.1) is 13.8 Å². The summed E-state index contributed by atoms with van der Waals surface area (Å²) in [6.07, 6.45) is 3.34. The quantitative estimate of drug-likeness (QED) is 0.871. The zero-order valence-electron chi connectivity index (χ0n) is 15.4. The van der Waals surface area contributed by atoms with Gasteiger partial charge in [-0.25, -0.2) is 8.42 Å². The normalized spacial score (nSPS) is 20.4. The fourth-order valence-electron chi connectivity index (χ4n) is 3.65. The minimum Gasteiger partial charge on any atom is -0.419 e. The molecule has 9 heteroatoms. The second-order valence-corrected chi connectivity index (χ2v) is 9.23. The Labute approximate surface area is 153 Å². The molecule has 26 heavy (non-hydrogen) atoms. The molecule has 2 aromatic heterocycles. The number of aromatic nitrogens is 3. The molecular weight excluding hydrogens is 354 g/mol. The van der Waals surface area contributed by atoms with Crippen molar-refractivity contribution in [2.24, 2.45) is 0 Å². The highest BCUT2D eigenvalue weighted by Gasteiger charge is 2.33. The van der Waals surface area contributed by atoms with Gasteiger partial charge in [-0.05, 0) is 39.3 Å². The number of nitrogens with zero attached hydrogens (tertiary/aromatic N) is 4. The first-order valence-corrected chi connectivity index (χ1v) is 10.5. The second kappa shape index (κ2) is 6.47. The minimum absolute atomic E-state index is 0.334. The highest BCUT2D eigenvalue weighted by atomic mass is 32.2. The molecule has 4 rings (SSSR count). The molecule has 1 saturated heterocycles. The summed E-state index contributed by atoms with van der Waals surface area (Å²) < 4.78 is 33.7. The van der Waals surface area contributed by atoms with E-state index in [9.17, 15) is 8.42 Å². The summed E-state index contributed by atoms with van der Waals surface area (Å²) in [6, 6.07) is 0. The maximum absolute atomic E-state index is 13.2. The van der Waals surface area contributed by atoms with Gasteiger partial charge in [-0.15, -0.1) is 10.2 Å². The lowest BCUT2D eigenvalue weighted by Gasteiger charge is -2.31. The summed E-state index contributed by atoms with van der Waals surface area (Å²) in [5.41, 5.74) is 1.86. The smallest absolute Gasteiger partial charge is 0.264 e. The summed E-state index contributed by atoms with van der Waals surface area (Å²) in [5.74, 6) is 1.37. The summed E-state index contributed by atoms with van der Waals surface area (Å²) in [7, 11) is -1.55. The number of hydrogen-bond acceptors (Lipinski definition) is 6. The van der Waals surface area contributed by atoms with Gasteiger partial charge >= 0.3 is 0 Å². The van der Waals surface area contributed by atoms with Crippen molar-refractivity contribution in [1.82, 2.24) is 24.4 Å². The van der Waals surface area contributed by atoms with Crippen molar-refractivity contribution in [3.63, 3.8) is 0 Å². The van der Waals surface area contributed by atoms with E-state index < -0.39 is 10.0 Å². The number of H-pyrrole nitrogens is 1. The molecule has 8 nitrogen and oxygen atoms in total. The van der Waals surface area contributed by atoms with Crippen molar-refractivity contribution in [2.45, 2.75) is 43.9 Å². The molecule has 0 atom stereocenters. The Hall–Kier alpha value is -1.71. The third-order valence-electron chi connectivity index (χ3n) is 5.54. The SMILES string of the molecule is Cc1[nH]c(-c2nnc(C3CCC3)o2)c(C)c1S(=O)(=O)N1CCN(C)CC1. The molecule has 1 saturated carbocycles. The Morgan fingerprint density at radius 1 is 1.12 bits per heavy atom. The van der Waals surface area contributed by atoms with E-state index in [0.29, 0.717) is 52.6 Å². The van der Waals surface area contributed by atoms with E-state index in [1.807, 2.05) is 7.05 Å². The molecule has 0 radical (unpaired) electrons. The number of rotatable bonds is 4. The maximum Gasteiger partial charge on any atom is 0.264 e. The summed E-state index contributed by atoms with van der Waals surface area (Å²) in [6.45, 7) is 6.07. The van der Waals surface area contributed by atoms with E-state index in [-0.39, 0.29) is 0 Å². The molecule has 3 heterocycles. The van der Waals surface area contributed by atoms with Crippen LogP contribution in [-0.4, -0.2) is 66.0 Å². The molecule has 142 valence electrons. The number of aromatic amines is 1. The molecule has 1 aliphatic carbocycles. The fraction of sp³-hybridized carbons (Fsp3) is 0.647. The third kappa shape index (κ3) is 2.87. The van der Waals surface area contributed by atoms with Gasteiger partial charge in [-0.1, -0.05) is 6.42 Å². The van der Waals surface area contributed by atoms with E-state index in [4.69, 9.17) is 4.42 Å². The maximum atomic E-state index is 13.2. The standard InChI is InChI=1S/C17H25N5O3S/c1-11-14(17-20-19-16(25-17)13-5-4-6-13)18-12(2)15(11)26(23,24)22-9-7-21(3)8-10-22/h13,18H,4-10H2,1-3H3. The van der Waals surface area contributed by atoms with Gasteiger partial charge in [0, 0.05) is 37.8 Å². The molecule has 0 unspecified atom stereocenters. The number of likely N-dealkylation sites (N-methyl/N-ethyl adjacent to an activating group) is 1. The van der Waals surface area contributed by atoms with Crippen molar-refractivity contribution in [3.8, 4) is 11.6 Å². The van der Waals surface area contributed by atoms with Crippen LogP contribution in [0.1, 0.15) is 42.3 Å². The molecule has 1 aliphatic heterocycles. The number of piperazine rings is 1. The Bertz CT molecular complexity index is 905. The zero-order valence-corrected chi connectivity index (χ0v) is 16.3. The Kier molecular flexibility index (Phi) is 4.40. The average Bonchev–Trinajstić information content (AvgIpc) is 3.11. The van der Waals surface area contributed by atoms with Crippen molar-refractivity contribution < 1.29 is 12.8 Å². The van der Waals surface area contributed by atoms with Crippen LogP contribution in [0.3, 0.4) is 0 Å². The molecule has 2 fully saturated rings. The van der Waals surface area contributed by atoms with Gasteiger partial charge in [0.25, 0.3) is 5.89 Å². The van der Waals surface area contributed by atoms with Crippen LogP contribution < -0.4 is 0 Å². The van der Waals surface area contributed by atoms with E-state index in [1.54, 1.807) is 18.2 Å². The summed E-state index contributed by atoms with van der Waals surface area (Å²) in [5, 5.41) is 8.30. The Morgan fingerprint density at radius 2 is 1.81 bits per heavy atom. The van der Waals surface area contributed by atoms with Gasteiger partial charge in [0.15, 0.2) is 0 Å². The van der Waals surface area contributed by atoms with Gasteiger partial charge in [0.05, 0.1) is 0 Å². The lowest BCUT2D eigenvalue weighted by atomic mass is 9.85. The van der Waals surface area contributed by atoms with Crippen molar-refractivity contribution >= 4 is 10.0 Å². The second-order valence-electron chi connectivity index (χ2n) is 7.36. The third-order valence-corrected chi connectivity index (χ3v) is 7.71. The minimum atomic E-state index is -3.55. The molecule has 0 bridgehead atoms. The molecule has 0 aromatic carbocycles. The van der Waals surface area contributed by atoms with Crippen LogP contribution in [0.4, 0.5) is 0 Å². The highest BCUT2D eigenvalue weighted by molar-refractivity contribution is 7.89. The molecule has 2 aliphatic rings. The predicted octanol–water partition coefficient (Wildman–Crippen LogP) is 1.89. The first-order chi connectivity index (χ1) is 12.4. The van der Waals surface area contributed by atoms with Gasteiger partial charge in [0.1, 0.15) is 10.6 Å². The van der Waals surface area contributed by atoms with Crippen LogP contribution in [-0.2, 0) is 10.0 Å². The van der Waals surface area contributed by atoms with E-state index >= 15 is 0 Å². The van der Waals surface area contributed by atoms with Crippen LogP contribution in [0.25, 0.3) is 11.6 Å². The van der Waals surface area contributed by atoms with E-state index in [1.165, 1.54) is 6.42 Å². The van der Waals surface area contributed by atoms with Crippen molar-refractivity contribution in [1.29, 1.82) is 0 Å². The summed E-state index contributed by atoms with van der Waals surface area (Å²) in [4.78, 5) is 5.63. The molecule has 0 amide bonds.